The number of carboxylic acid groups (broad SMARTS) is 2. The first kappa shape index (κ1) is 31.9. The lowest BCUT2D eigenvalue weighted by Gasteiger charge is -2.30. The molecule has 0 fully saturated rings. The monoisotopic (exact) mass is 643 g/mol. The first-order valence-electron chi connectivity index (χ1n) is 14.2. The predicted molar refractivity (Wildman–Crippen MR) is 176 cm³/mol. The van der Waals surface area contributed by atoms with E-state index in [9.17, 15) is 33.3 Å². The Morgan fingerprint density at radius 2 is 1.48 bits per heavy atom. The number of rotatable bonds is 10. The highest BCUT2D eigenvalue weighted by Gasteiger charge is 2.28. The van der Waals surface area contributed by atoms with Gasteiger partial charge in [0.2, 0.25) is 0 Å². The number of aromatic hydroxyl groups is 1. The van der Waals surface area contributed by atoms with E-state index in [1.807, 2.05) is 24.3 Å². The number of sulfonamides is 1. The molecule has 5 rings (SSSR count). The zero-order chi connectivity index (χ0) is 33.2. The molecule has 46 heavy (non-hydrogen) atoms. The van der Waals surface area contributed by atoms with Crippen molar-refractivity contribution in [2.75, 3.05) is 32.5 Å². The molecule has 2 amide bonds. The first-order valence-corrected chi connectivity index (χ1v) is 15.7. The smallest absolute Gasteiger partial charge is 0.407 e. The summed E-state index contributed by atoms with van der Waals surface area (Å²) in [5, 5.41) is 33.5. The van der Waals surface area contributed by atoms with Gasteiger partial charge in [-0.25, -0.2) is 18.0 Å². The third-order valence-electron chi connectivity index (χ3n) is 8.05. The minimum Gasteiger partial charge on any atom is -0.507 e. The Bertz CT molecular complexity index is 2050. The Morgan fingerprint density at radius 1 is 0.848 bits per heavy atom. The molecule has 11 nitrogen and oxygen atoms in total. The number of phenols is 1. The van der Waals surface area contributed by atoms with Crippen LogP contribution in [0.2, 0.25) is 0 Å². The summed E-state index contributed by atoms with van der Waals surface area (Å²) in [6, 6.07) is 24.5. The number of nitrogens with zero attached hydrogens (tertiary/aromatic N) is 2. The molecular weight excluding hydrogens is 610 g/mol. The average Bonchev–Trinajstić information content (AvgIpc) is 3.04. The zero-order valence-corrected chi connectivity index (χ0v) is 26.2. The molecule has 12 heteroatoms. The largest absolute Gasteiger partial charge is 0.507 e. The fourth-order valence-electron chi connectivity index (χ4n) is 5.57. The van der Waals surface area contributed by atoms with Crippen LogP contribution in [0.1, 0.15) is 5.56 Å². The van der Waals surface area contributed by atoms with Crippen LogP contribution in [0.3, 0.4) is 0 Å². The number of nitrogens with one attached hydrogen (secondary N) is 1. The van der Waals surface area contributed by atoms with Crippen LogP contribution in [-0.2, 0) is 16.4 Å². The molecule has 0 aliphatic carbocycles. The Morgan fingerprint density at radius 3 is 2.11 bits per heavy atom. The molecule has 0 heterocycles. The Balaban J connectivity index is 1.78. The summed E-state index contributed by atoms with van der Waals surface area (Å²) < 4.78 is 35.2. The second-order valence-electron chi connectivity index (χ2n) is 10.9. The second-order valence-corrected chi connectivity index (χ2v) is 12.6. The molecule has 0 spiro atoms. The maximum atomic E-state index is 13.6. The van der Waals surface area contributed by atoms with Gasteiger partial charge in [0.25, 0.3) is 10.0 Å². The SMILES string of the molecule is COc1ccc(S(=O)(=O)Nc2cc(-c3c(O)ccc4ccccc34)c(CC(CN(C)C(=O)O)N(C)C(=O)O)c3ccccc23)cc1. The van der Waals surface area contributed by atoms with Crippen LogP contribution in [0.4, 0.5) is 15.3 Å². The third kappa shape index (κ3) is 6.33. The molecule has 0 aliphatic heterocycles. The van der Waals surface area contributed by atoms with Crippen LogP contribution in [-0.4, -0.2) is 79.5 Å². The van der Waals surface area contributed by atoms with Crippen molar-refractivity contribution >= 4 is 49.4 Å². The van der Waals surface area contributed by atoms with E-state index in [1.165, 1.54) is 33.3 Å². The molecule has 0 aromatic heterocycles. The van der Waals surface area contributed by atoms with Gasteiger partial charge in [0, 0.05) is 31.6 Å². The van der Waals surface area contributed by atoms with Gasteiger partial charge < -0.3 is 29.9 Å². The van der Waals surface area contributed by atoms with Crippen molar-refractivity contribution in [2.24, 2.45) is 0 Å². The van der Waals surface area contributed by atoms with Gasteiger partial charge >= 0.3 is 12.2 Å². The summed E-state index contributed by atoms with van der Waals surface area (Å²) in [7, 11) is 0.122. The lowest BCUT2D eigenvalue weighted by molar-refractivity contribution is 0.115. The molecule has 238 valence electrons. The van der Waals surface area contributed by atoms with Crippen LogP contribution >= 0.6 is 0 Å². The van der Waals surface area contributed by atoms with E-state index in [4.69, 9.17) is 4.74 Å². The minimum atomic E-state index is -4.09. The van der Waals surface area contributed by atoms with E-state index in [1.54, 1.807) is 54.6 Å². The second kappa shape index (κ2) is 12.9. The normalized spacial score (nSPS) is 12.1. The van der Waals surface area contributed by atoms with Crippen molar-refractivity contribution in [3.05, 3.63) is 96.6 Å². The maximum absolute atomic E-state index is 13.6. The number of methoxy groups -OCH3 is 1. The Hall–Kier alpha value is -5.49. The molecule has 5 aromatic rings. The maximum Gasteiger partial charge on any atom is 0.407 e. The molecule has 0 bridgehead atoms. The highest BCUT2D eigenvalue weighted by Crippen LogP contribution is 2.44. The fraction of sp³-hybridized carbons (Fsp3) is 0.176. The number of hydrogen-bond acceptors (Lipinski definition) is 6. The minimum absolute atomic E-state index is 0.0101. The molecule has 1 unspecified atom stereocenters. The number of carbonyl (C=O) groups is 2. The zero-order valence-electron chi connectivity index (χ0n) is 25.3. The van der Waals surface area contributed by atoms with Gasteiger partial charge in [0.1, 0.15) is 11.5 Å². The van der Waals surface area contributed by atoms with E-state index in [0.717, 1.165) is 15.2 Å². The number of fused-ring (bicyclic) bond motifs is 2. The number of hydrogen-bond donors (Lipinski definition) is 4. The first-order chi connectivity index (χ1) is 21.9. The summed E-state index contributed by atoms with van der Waals surface area (Å²) in [5.41, 5.74) is 1.73. The molecule has 4 N–H and O–H groups in total. The van der Waals surface area contributed by atoms with Crippen molar-refractivity contribution in [1.82, 2.24) is 9.80 Å². The number of amides is 2. The van der Waals surface area contributed by atoms with Crippen molar-refractivity contribution in [3.63, 3.8) is 0 Å². The van der Waals surface area contributed by atoms with Gasteiger partial charge in [-0.15, -0.1) is 0 Å². The Labute approximate surface area is 265 Å². The van der Waals surface area contributed by atoms with E-state index >= 15 is 0 Å². The molecule has 5 aromatic carbocycles. The highest BCUT2D eigenvalue weighted by atomic mass is 32.2. The molecule has 0 aliphatic rings. The predicted octanol–water partition coefficient (Wildman–Crippen LogP) is 6.31. The van der Waals surface area contributed by atoms with E-state index in [-0.39, 0.29) is 29.3 Å². The topological polar surface area (TPSA) is 157 Å². The summed E-state index contributed by atoms with van der Waals surface area (Å²) in [4.78, 5) is 26.0. The highest BCUT2D eigenvalue weighted by molar-refractivity contribution is 7.92. The van der Waals surface area contributed by atoms with E-state index in [2.05, 4.69) is 4.72 Å². The fourth-order valence-corrected chi connectivity index (χ4v) is 6.65. The molecule has 0 radical (unpaired) electrons. The van der Waals surface area contributed by atoms with Crippen LogP contribution in [0.15, 0.2) is 95.9 Å². The van der Waals surface area contributed by atoms with Crippen LogP contribution in [0.5, 0.6) is 11.5 Å². The van der Waals surface area contributed by atoms with Crippen molar-refractivity contribution < 1.29 is 38.1 Å². The van der Waals surface area contributed by atoms with Gasteiger partial charge in [-0.2, -0.15) is 0 Å². The summed E-state index contributed by atoms with van der Waals surface area (Å²) >= 11 is 0. The van der Waals surface area contributed by atoms with Gasteiger partial charge in [0.05, 0.1) is 23.7 Å². The van der Waals surface area contributed by atoms with Crippen LogP contribution in [0, 0.1) is 0 Å². The molecule has 0 saturated carbocycles. The summed E-state index contributed by atoms with van der Waals surface area (Å²) in [6.45, 7) is -0.140. The summed E-state index contributed by atoms with van der Waals surface area (Å²) in [6.07, 6.45) is -2.42. The van der Waals surface area contributed by atoms with Crippen molar-refractivity contribution in [1.29, 1.82) is 0 Å². The van der Waals surface area contributed by atoms with Crippen LogP contribution < -0.4 is 9.46 Å². The number of likely N-dealkylation sites (N-methyl/N-ethyl adjacent to an activating group) is 2. The third-order valence-corrected chi connectivity index (χ3v) is 9.43. The van der Waals surface area contributed by atoms with Crippen LogP contribution in [0.25, 0.3) is 32.7 Å². The van der Waals surface area contributed by atoms with Gasteiger partial charge in [-0.3, -0.25) is 4.72 Å². The van der Waals surface area contributed by atoms with Gasteiger partial charge in [0.15, 0.2) is 0 Å². The van der Waals surface area contributed by atoms with Gasteiger partial charge in [-0.05, 0) is 70.1 Å². The molecular formula is C34H33N3O8S. The average molecular weight is 644 g/mol. The summed E-state index contributed by atoms with van der Waals surface area (Å²) in [5.74, 6) is 0.432. The standard InChI is InChI=1S/C34H33N3O8S/c1-36(33(39)40)20-22(37(2)34(41)42)18-28-26-10-6-7-11-27(26)30(35-46(43,44)24-15-13-23(45-3)14-16-24)19-29(28)32-25-9-5-4-8-21(25)12-17-31(32)38/h4-17,19,22,35,38H,18,20H2,1-3H3,(H,39,40)(H,41,42). The lowest BCUT2D eigenvalue weighted by atomic mass is 9.86. The lowest BCUT2D eigenvalue weighted by Crippen LogP contribution is -2.46. The number of anilines is 1. The molecule has 0 saturated heterocycles. The quantitative estimate of drug-likeness (QED) is 0.138. The number of benzene rings is 5. The van der Waals surface area contributed by atoms with Crippen molar-refractivity contribution in [3.8, 4) is 22.6 Å². The van der Waals surface area contributed by atoms with E-state index in [0.29, 0.717) is 38.6 Å². The number of ether oxygens (including phenoxy) is 1. The molecule has 1 atom stereocenters. The number of phenolic OH excluding ortho intramolecular Hbond substituents is 1. The van der Waals surface area contributed by atoms with Gasteiger partial charge in [-0.1, -0.05) is 54.6 Å². The van der Waals surface area contributed by atoms with E-state index < -0.39 is 28.3 Å². The Kier molecular flexibility index (Phi) is 8.92. The van der Waals surface area contributed by atoms with Crippen molar-refractivity contribution in [2.45, 2.75) is 17.4 Å².